The first-order valence-electron chi connectivity index (χ1n) is 7.50. The maximum absolute atomic E-state index is 13.1. The number of thiophene rings is 2. The van der Waals surface area contributed by atoms with E-state index in [1.54, 1.807) is 12.1 Å². The second kappa shape index (κ2) is 6.96. The zero-order valence-corrected chi connectivity index (χ0v) is 16.4. The Morgan fingerprint density at radius 1 is 0.800 bits per heavy atom. The van der Waals surface area contributed by atoms with Gasteiger partial charge in [0.1, 0.15) is 0 Å². The summed E-state index contributed by atoms with van der Waals surface area (Å²) in [6, 6.07) is 13.4. The number of carbonyl (C=O) groups is 2. The number of carbonyl (C=O) groups excluding carboxylic acids is 2. The molecule has 1 aliphatic rings. The molecule has 3 heterocycles. The molecule has 2 nitrogen and oxygen atoms in total. The molecule has 0 spiro atoms. The first-order valence-corrected chi connectivity index (χ1v) is 10.9. The van der Waals surface area contributed by atoms with Crippen LogP contribution in [0.2, 0.25) is 0 Å². The summed E-state index contributed by atoms with van der Waals surface area (Å²) in [6.45, 7) is 2.04. The Morgan fingerprint density at radius 2 is 1.40 bits per heavy atom. The van der Waals surface area contributed by atoms with E-state index in [4.69, 9.17) is 0 Å². The zero-order chi connectivity index (χ0) is 17.4. The summed E-state index contributed by atoms with van der Waals surface area (Å²) in [5.41, 5.74) is 1.46. The lowest BCUT2D eigenvalue weighted by molar-refractivity contribution is 0.0967. The minimum absolute atomic E-state index is 0.187. The second-order valence-electron chi connectivity index (χ2n) is 5.43. The van der Waals surface area contributed by atoms with Crippen molar-refractivity contribution >= 4 is 57.8 Å². The van der Waals surface area contributed by atoms with Crippen LogP contribution in [0.15, 0.2) is 72.8 Å². The number of thioether (sulfide) groups is 2. The van der Waals surface area contributed by atoms with Gasteiger partial charge in [0, 0.05) is 9.79 Å². The van der Waals surface area contributed by atoms with Crippen molar-refractivity contribution in [2.45, 2.75) is 16.7 Å². The van der Waals surface area contributed by atoms with E-state index in [2.05, 4.69) is 18.2 Å². The number of benzene rings is 1. The fourth-order valence-electron chi connectivity index (χ4n) is 2.45. The fourth-order valence-corrected chi connectivity index (χ4v) is 6.43. The summed E-state index contributed by atoms with van der Waals surface area (Å²) in [4.78, 5) is 29.5. The van der Waals surface area contributed by atoms with E-state index in [0.29, 0.717) is 9.75 Å². The van der Waals surface area contributed by atoms with Gasteiger partial charge in [0.15, 0.2) is 0 Å². The Labute approximate surface area is 162 Å². The van der Waals surface area contributed by atoms with Crippen LogP contribution >= 0.6 is 46.2 Å². The molecule has 2 aromatic heterocycles. The van der Waals surface area contributed by atoms with Gasteiger partial charge in [-0.3, -0.25) is 9.59 Å². The number of Topliss-reactive ketones (excluding diaryl/α,β-unsaturated/α-hetero) is 2. The van der Waals surface area contributed by atoms with E-state index in [1.165, 1.54) is 51.8 Å². The topological polar surface area (TPSA) is 34.1 Å². The molecule has 4 rings (SSSR count). The number of hydrogen-bond acceptors (Lipinski definition) is 6. The highest BCUT2D eigenvalue weighted by Crippen LogP contribution is 2.53. The van der Waals surface area contributed by atoms with Gasteiger partial charge in [-0.05, 0) is 47.5 Å². The molecule has 0 saturated heterocycles. The lowest BCUT2D eigenvalue weighted by Crippen LogP contribution is -2.13. The molecule has 25 heavy (non-hydrogen) atoms. The monoisotopic (exact) mass is 400 g/mol. The highest BCUT2D eigenvalue weighted by atomic mass is 32.2. The van der Waals surface area contributed by atoms with Gasteiger partial charge >= 0.3 is 0 Å². The number of fused-ring (bicyclic) bond motifs is 1. The van der Waals surface area contributed by atoms with E-state index < -0.39 is 0 Å². The maximum Gasteiger partial charge on any atom is 0.208 e. The lowest BCUT2D eigenvalue weighted by Gasteiger charge is -2.06. The SMILES string of the molecule is Cc1ccc2c(c1)SC(=C(C(=O)c1cccs1)C(=O)c1cccs1)S2. The average molecular weight is 401 g/mol. The van der Waals surface area contributed by atoms with Crippen LogP contribution in [-0.4, -0.2) is 11.6 Å². The largest absolute Gasteiger partial charge is 0.287 e. The molecule has 6 heteroatoms. The molecule has 0 saturated carbocycles. The minimum atomic E-state index is -0.187. The number of aryl methyl sites for hydroxylation is 1. The highest BCUT2D eigenvalue weighted by Gasteiger charge is 2.31. The number of ketones is 2. The molecule has 0 unspecified atom stereocenters. The van der Waals surface area contributed by atoms with Gasteiger partial charge < -0.3 is 0 Å². The van der Waals surface area contributed by atoms with E-state index in [0.717, 1.165) is 14.0 Å². The van der Waals surface area contributed by atoms with E-state index in [9.17, 15) is 9.59 Å². The predicted molar refractivity (Wildman–Crippen MR) is 107 cm³/mol. The van der Waals surface area contributed by atoms with Gasteiger partial charge in [-0.25, -0.2) is 0 Å². The molecule has 0 amide bonds. The Hall–Kier alpha value is -1.60. The summed E-state index contributed by atoms with van der Waals surface area (Å²) in [5.74, 6) is -0.374. The average Bonchev–Trinajstić information content (AvgIpc) is 3.35. The third kappa shape index (κ3) is 3.27. The standard InChI is InChI=1S/C19H12O2S4/c1-11-6-7-12-15(10-11)25-19(24-12)16(17(20)13-4-2-8-22-13)18(21)14-5-3-9-23-14/h2-10H,1H3. The van der Waals surface area contributed by atoms with Crippen LogP contribution in [0.25, 0.3) is 0 Å². The van der Waals surface area contributed by atoms with Crippen LogP contribution in [0.1, 0.15) is 24.9 Å². The molecule has 3 aromatic rings. The Balaban J connectivity index is 1.81. The zero-order valence-electron chi connectivity index (χ0n) is 13.1. The van der Waals surface area contributed by atoms with Crippen molar-refractivity contribution in [1.29, 1.82) is 0 Å². The Morgan fingerprint density at radius 3 is 1.96 bits per heavy atom. The predicted octanol–water partition coefficient (Wildman–Crippen LogP) is 6.29. The van der Waals surface area contributed by atoms with Crippen molar-refractivity contribution in [2.75, 3.05) is 0 Å². The van der Waals surface area contributed by atoms with Crippen molar-refractivity contribution < 1.29 is 9.59 Å². The first kappa shape index (κ1) is 16.8. The van der Waals surface area contributed by atoms with Gasteiger partial charge in [0.05, 0.1) is 19.6 Å². The number of allylic oxidation sites excluding steroid dienone is 1. The number of hydrogen-bond donors (Lipinski definition) is 0. The quantitative estimate of drug-likeness (QED) is 0.223. The van der Waals surface area contributed by atoms with Crippen LogP contribution < -0.4 is 0 Å². The molecule has 0 radical (unpaired) electrons. The smallest absolute Gasteiger partial charge is 0.208 e. The number of rotatable bonds is 4. The van der Waals surface area contributed by atoms with Crippen LogP contribution in [-0.2, 0) is 0 Å². The summed E-state index contributed by atoms with van der Waals surface area (Å²) in [7, 11) is 0. The molecule has 1 aromatic carbocycles. The van der Waals surface area contributed by atoms with Gasteiger partial charge in [-0.2, -0.15) is 0 Å². The summed E-state index contributed by atoms with van der Waals surface area (Å²) < 4.78 is 0.775. The summed E-state index contributed by atoms with van der Waals surface area (Å²) in [6.07, 6.45) is 0. The van der Waals surface area contributed by atoms with Crippen LogP contribution in [0, 0.1) is 6.92 Å². The van der Waals surface area contributed by atoms with E-state index in [-0.39, 0.29) is 17.1 Å². The van der Waals surface area contributed by atoms with Crippen molar-refractivity contribution in [3.8, 4) is 0 Å². The van der Waals surface area contributed by atoms with Gasteiger partial charge in [0.25, 0.3) is 0 Å². The van der Waals surface area contributed by atoms with Crippen molar-refractivity contribution in [2.24, 2.45) is 0 Å². The van der Waals surface area contributed by atoms with Crippen LogP contribution in [0.5, 0.6) is 0 Å². The third-order valence-electron chi connectivity index (χ3n) is 3.65. The second-order valence-corrected chi connectivity index (χ2v) is 9.69. The lowest BCUT2D eigenvalue weighted by atomic mass is 10.1. The van der Waals surface area contributed by atoms with Gasteiger partial charge in [0.2, 0.25) is 11.6 Å². The normalized spacial score (nSPS) is 12.9. The fraction of sp³-hybridized carbons (Fsp3) is 0.0526. The Bertz CT molecular complexity index is 934. The summed E-state index contributed by atoms with van der Waals surface area (Å²) >= 11 is 5.77. The molecule has 1 aliphatic heterocycles. The van der Waals surface area contributed by atoms with Crippen LogP contribution in [0.4, 0.5) is 0 Å². The van der Waals surface area contributed by atoms with Crippen molar-refractivity contribution in [1.82, 2.24) is 0 Å². The third-order valence-corrected chi connectivity index (χ3v) is 7.93. The highest BCUT2D eigenvalue weighted by molar-refractivity contribution is 8.24. The molecule has 124 valence electrons. The van der Waals surface area contributed by atoms with E-state index in [1.807, 2.05) is 29.8 Å². The molecule has 0 N–H and O–H groups in total. The van der Waals surface area contributed by atoms with Gasteiger partial charge in [-0.1, -0.05) is 41.7 Å². The van der Waals surface area contributed by atoms with Crippen molar-refractivity contribution in [3.63, 3.8) is 0 Å². The summed E-state index contributed by atoms with van der Waals surface area (Å²) in [5, 5.41) is 3.72. The molecule has 0 aliphatic carbocycles. The van der Waals surface area contributed by atoms with Crippen molar-refractivity contribution in [3.05, 3.63) is 78.4 Å². The maximum atomic E-state index is 13.1. The molecular weight excluding hydrogens is 388 g/mol. The van der Waals surface area contributed by atoms with E-state index >= 15 is 0 Å². The molecule has 0 bridgehead atoms. The minimum Gasteiger partial charge on any atom is -0.287 e. The molecular formula is C19H12O2S4. The van der Waals surface area contributed by atoms with Gasteiger partial charge in [-0.15, -0.1) is 22.7 Å². The molecule has 0 atom stereocenters. The van der Waals surface area contributed by atoms with Crippen LogP contribution in [0.3, 0.4) is 0 Å². The molecule has 0 fully saturated rings. The first-order chi connectivity index (χ1) is 12.1. The Kier molecular flexibility index (Phi) is 4.69.